The first-order valence-electron chi connectivity index (χ1n) is 20.8. The maximum Gasteiger partial charge on any atom is 0.252 e. The fourth-order valence-electron chi connectivity index (χ4n) is 5.81. The van der Waals surface area contributed by atoms with Crippen LogP contribution in [-0.4, -0.2) is 72.5 Å². The van der Waals surface area contributed by atoms with E-state index in [4.69, 9.17) is 37.4 Å². The number of aromatic nitrogens is 9. The van der Waals surface area contributed by atoms with Gasteiger partial charge in [-0.3, -0.25) is 4.79 Å². The van der Waals surface area contributed by atoms with Crippen LogP contribution in [0.15, 0.2) is 141 Å². The van der Waals surface area contributed by atoms with E-state index in [2.05, 4.69) is 42.4 Å². The van der Waals surface area contributed by atoms with Gasteiger partial charge in [0.15, 0.2) is 0 Å². The molecule has 0 saturated heterocycles. The van der Waals surface area contributed by atoms with E-state index in [9.17, 15) is 15.0 Å². The second-order valence-corrected chi connectivity index (χ2v) is 19.0. The second-order valence-electron chi connectivity index (χ2n) is 18.1. The molecule has 7 aromatic rings. The quantitative estimate of drug-likeness (QED) is 0.112. The highest BCUT2D eigenvalue weighted by molar-refractivity contribution is 6.30. The molecule has 0 radical (unpaired) electrons. The van der Waals surface area contributed by atoms with Crippen molar-refractivity contribution < 1.29 is 29.2 Å². The maximum atomic E-state index is 12.5. The molecule has 65 heavy (non-hydrogen) atoms. The predicted molar refractivity (Wildman–Crippen MR) is 249 cm³/mol. The van der Waals surface area contributed by atoms with Crippen molar-refractivity contribution in [2.24, 2.45) is 16.2 Å². The zero-order valence-corrected chi connectivity index (χ0v) is 39.5. The van der Waals surface area contributed by atoms with Gasteiger partial charge in [-0.05, 0) is 82.6 Å². The summed E-state index contributed by atoms with van der Waals surface area (Å²) in [6, 6.07) is 31.8. The van der Waals surface area contributed by atoms with Crippen molar-refractivity contribution in [1.29, 1.82) is 0 Å². The van der Waals surface area contributed by atoms with Gasteiger partial charge in [-0.1, -0.05) is 128 Å². The molecule has 0 fully saturated rings. The fourth-order valence-corrected chi connectivity index (χ4v) is 6.06. The summed E-state index contributed by atoms with van der Waals surface area (Å²) in [5, 5.41) is 34.6. The highest BCUT2D eigenvalue weighted by atomic mass is 35.5. The molecule has 2 N–H and O–H groups in total. The Kier molecular flexibility index (Phi) is 17.0. The lowest BCUT2D eigenvalue weighted by atomic mass is 9.88. The summed E-state index contributed by atoms with van der Waals surface area (Å²) in [5.74, 6) is 1.74. The number of hydrogen-bond donors (Lipinski definition) is 2. The molecule has 7 rings (SSSR count). The number of nitrogens with zero attached hydrogens (tertiary/aromatic N) is 9. The normalized spacial score (nSPS) is 14.0. The Labute approximate surface area is 390 Å². The number of ketones is 1. The highest BCUT2D eigenvalue weighted by Gasteiger charge is 2.36. The zero-order valence-electron chi connectivity index (χ0n) is 38.0. The van der Waals surface area contributed by atoms with E-state index >= 15 is 0 Å². The molecule has 3 aromatic heterocycles. The molecule has 5 unspecified atom stereocenters. The molecule has 4 aromatic carbocycles. The standard InChI is InChI=1S/C20H23N3O2.C14H18ClN3O2.C14H16ClN3O2/c1-20(2,3)18(24)19(23-14-21-13-22-23)25-17-11-9-16(10-12-17)15-7-5-4-6-8-15;2*1-14(2,3)12(19)13(18-9-16-8-17-18)20-11-6-4-10(15)5-7-11/h4-14,18-19,24H,1-3H3;4-9,12-13,19H,1-3H3;4-9,13H,1-3H3. The zero-order chi connectivity index (χ0) is 47.4. The van der Waals surface area contributed by atoms with Gasteiger partial charge in [-0.15, -0.1) is 0 Å². The molecule has 3 heterocycles. The summed E-state index contributed by atoms with van der Waals surface area (Å²) in [6.07, 6.45) is 5.11. The van der Waals surface area contributed by atoms with Crippen molar-refractivity contribution in [3.05, 3.63) is 151 Å². The van der Waals surface area contributed by atoms with E-state index in [1.54, 1.807) is 59.5 Å². The van der Waals surface area contributed by atoms with Gasteiger partial charge in [0.1, 0.15) is 67.4 Å². The van der Waals surface area contributed by atoms with Crippen molar-refractivity contribution in [2.75, 3.05) is 0 Å². The van der Waals surface area contributed by atoms with Gasteiger partial charge in [0.25, 0.3) is 6.23 Å². The Morgan fingerprint density at radius 1 is 0.508 bits per heavy atom. The molecular weight excluding hydrogens is 869 g/mol. The molecule has 0 amide bonds. The van der Waals surface area contributed by atoms with Gasteiger partial charge in [-0.25, -0.2) is 29.0 Å². The SMILES string of the molecule is CC(C)(C)C(=O)C(Oc1ccc(Cl)cc1)n1cncn1.CC(C)(C)C(O)C(Oc1ccc(-c2ccccc2)cc1)n1cncn1.CC(C)(C)C(O)C(Oc1ccc(Cl)cc1)n1cncn1. The number of carbonyl (C=O) groups is 1. The number of rotatable bonds is 13. The van der Waals surface area contributed by atoms with Crippen LogP contribution >= 0.6 is 23.2 Å². The summed E-state index contributed by atoms with van der Waals surface area (Å²) in [7, 11) is 0. The Balaban J connectivity index is 0.000000185. The molecule has 0 aliphatic heterocycles. The highest BCUT2D eigenvalue weighted by Crippen LogP contribution is 2.33. The first kappa shape index (κ1) is 49.9. The van der Waals surface area contributed by atoms with Crippen LogP contribution < -0.4 is 14.2 Å². The molecule has 0 saturated carbocycles. The van der Waals surface area contributed by atoms with Gasteiger partial charge in [-0.2, -0.15) is 15.3 Å². The van der Waals surface area contributed by atoms with Crippen molar-refractivity contribution in [1.82, 2.24) is 44.3 Å². The third-order valence-electron chi connectivity index (χ3n) is 9.70. The molecule has 5 atom stereocenters. The smallest absolute Gasteiger partial charge is 0.252 e. The van der Waals surface area contributed by atoms with Crippen LogP contribution in [0.4, 0.5) is 0 Å². The van der Waals surface area contributed by atoms with E-state index in [1.165, 1.54) is 41.0 Å². The molecule has 0 aliphatic carbocycles. The van der Waals surface area contributed by atoms with E-state index in [0.29, 0.717) is 27.3 Å². The summed E-state index contributed by atoms with van der Waals surface area (Å²) in [5.41, 5.74) is 0.991. The number of carbonyl (C=O) groups excluding carboxylic acids is 1. The van der Waals surface area contributed by atoms with Crippen LogP contribution in [0.5, 0.6) is 17.2 Å². The minimum atomic E-state index is -0.848. The lowest BCUT2D eigenvalue weighted by Gasteiger charge is -2.32. The van der Waals surface area contributed by atoms with Crippen LogP contribution in [0.1, 0.15) is 81.0 Å². The first-order valence-corrected chi connectivity index (χ1v) is 21.6. The monoisotopic (exact) mass is 925 g/mol. The Bertz CT molecular complexity index is 2440. The Morgan fingerprint density at radius 3 is 1.22 bits per heavy atom. The van der Waals surface area contributed by atoms with Crippen molar-refractivity contribution in [3.8, 4) is 28.4 Å². The third-order valence-corrected chi connectivity index (χ3v) is 10.2. The molecule has 0 spiro atoms. The first-order chi connectivity index (χ1) is 30.7. The lowest BCUT2D eigenvalue weighted by Crippen LogP contribution is -2.38. The van der Waals surface area contributed by atoms with E-state index in [1.807, 2.05) is 105 Å². The van der Waals surface area contributed by atoms with E-state index in [-0.39, 0.29) is 16.6 Å². The Morgan fingerprint density at radius 2 is 0.862 bits per heavy atom. The third kappa shape index (κ3) is 14.7. The maximum absolute atomic E-state index is 12.5. The van der Waals surface area contributed by atoms with Gasteiger partial charge < -0.3 is 24.4 Å². The molecule has 0 bridgehead atoms. The van der Waals surface area contributed by atoms with Gasteiger partial charge in [0.2, 0.25) is 18.2 Å². The van der Waals surface area contributed by atoms with Crippen LogP contribution in [0.2, 0.25) is 10.0 Å². The van der Waals surface area contributed by atoms with Crippen LogP contribution in [-0.2, 0) is 4.79 Å². The van der Waals surface area contributed by atoms with Crippen LogP contribution in [0.25, 0.3) is 11.1 Å². The summed E-state index contributed by atoms with van der Waals surface area (Å²) < 4.78 is 22.1. The molecule has 15 nitrogen and oxygen atoms in total. The molecule has 0 aliphatic rings. The summed E-state index contributed by atoms with van der Waals surface area (Å²) in [4.78, 5) is 24.2. The van der Waals surface area contributed by atoms with E-state index in [0.717, 1.165) is 11.1 Å². The lowest BCUT2D eigenvalue weighted by molar-refractivity contribution is -0.138. The average Bonchev–Trinajstić information content (AvgIpc) is 4.11. The second kappa shape index (κ2) is 22.2. The van der Waals surface area contributed by atoms with Gasteiger partial charge >= 0.3 is 0 Å². The van der Waals surface area contributed by atoms with Crippen LogP contribution in [0.3, 0.4) is 0 Å². The number of ether oxygens (including phenoxy) is 3. The summed E-state index contributed by atoms with van der Waals surface area (Å²) in [6.45, 7) is 17.2. The Hall–Kier alpha value is -6.13. The number of aliphatic hydroxyl groups is 2. The average molecular weight is 927 g/mol. The molecule has 17 heteroatoms. The summed E-state index contributed by atoms with van der Waals surface area (Å²) >= 11 is 11.7. The minimum Gasteiger partial charge on any atom is -0.466 e. The predicted octanol–water partition coefficient (Wildman–Crippen LogP) is 9.97. The molecular formula is C48H57Cl2N9O6. The largest absolute Gasteiger partial charge is 0.466 e. The van der Waals surface area contributed by atoms with Gasteiger partial charge in [0.05, 0.1) is 0 Å². The van der Waals surface area contributed by atoms with Crippen LogP contribution in [0, 0.1) is 16.2 Å². The van der Waals surface area contributed by atoms with Crippen molar-refractivity contribution in [2.45, 2.75) is 93.2 Å². The minimum absolute atomic E-state index is 0.0852. The number of aliphatic hydroxyl groups excluding tert-OH is 2. The number of benzene rings is 4. The fraction of sp³-hybridized carbons (Fsp3) is 0.354. The van der Waals surface area contributed by atoms with E-state index < -0.39 is 36.3 Å². The number of hydrogen-bond acceptors (Lipinski definition) is 12. The van der Waals surface area contributed by atoms with Gasteiger partial charge in [0, 0.05) is 15.5 Å². The molecule has 344 valence electrons. The number of Topliss-reactive ketones (excluding diaryl/α,β-unsaturated/α-hetero) is 1. The topological polar surface area (TPSA) is 177 Å². The number of halogens is 2. The van der Waals surface area contributed by atoms with Crippen molar-refractivity contribution in [3.63, 3.8) is 0 Å². The van der Waals surface area contributed by atoms with Crippen molar-refractivity contribution >= 4 is 29.0 Å².